The van der Waals surface area contributed by atoms with Crippen LogP contribution in [0.15, 0.2) is 12.1 Å². The van der Waals surface area contributed by atoms with E-state index >= 15 is 0 Å². The number of halogens is 3. The molecule has 1 aromatic heterocycles. The topological polar surface area (TPSA) is 28.2 Å². The molecular formula is C15H24F3N3. The fraction of sp³-hybridized carbons (Fsp3) is 0.667. The van der Waals surface area contributed by atoms with Gasteiger partial charge in [-0.2, -0.15) is 13.2 Å². The highest BCUT2D eigenvalue weighted by atomic mass is 19.4. The molecule has 0 atom stereocenters. The van der Waals surface area contributed by atoms with Gasteiger partial charge >= 0.3 is 6.18 Å². The van der Waals surface area contributed by atoms with E-state index in [1.807, 2.05) is 4.90 Å². The first kappa shape index (κ1) is 17.6. The van der Waals surface area contributed by atoms with Gasteiger partial charge in [0, 0.05) is 20.1 Å². The van der Waals surface area contributed by atoms with E-state index in [1.165, 1.54) is 0 Å². The highest BCUT2D eigenvalue weighted by Gasteiger charge is 2.32. The molecule has 3 nitrogen and oxygen atoms in total. The van der Waals surface area contributed by atoms with E-state index in [9.17, 15) is 13.2 Å². The Labute approximate surface area is 124 Å². The van der Waals surface area contributed by atoms with Crippen LogP contribution in [0.1, 0.15) is 45.1 Å². The maximum Gasteiger partial charge on any atom is 0.416 e. The molecule has 0 spiro atoms. The summed E-state index contributed by atoms with van der Waals surface area (Å²) < 4.78 is 38.9. The minimum absolute atomic E-state index is 0.248. The zero-order chi connectivity index (χ0) is 15.9. The third-order valence-corrected chi connectivity index (χ3v) is 3.28. The standard InChI is InChI=1S/C15H24F3N3/c1-4-6-8-21(9-7-5-2)14-11-12(15(16,17)18)10-13(19-3)20-14/h10-11H,4-9H2,1-3H3,(H,19,20). The Hall–Kier alpha value is -1.46. The molecule has 0 aliphatic carbocycles. The normalized spacial score (nSPS) is 11.5. The number of anilines is 2. The van der Waals surface area contributed by atoms with Gasteiger partial charge in [0.15, 0.2) is 0 Å². The van der Waals surface area contributed by atoms with Crippen LogP contribution in [0.2, 0.25) is 0 Å². The molecule has 0 fully saturated rings. The summed E-state index contributed by atoms with van der Waals surface area (Å²) in [6, 6.07) is 2.19. The molecule has 0 saturated heterocycles. The first-order valence-electron chi connectivity index (χ1n) is 7.44. The zero-order valence-corrected chi connectivity index (χ0v) is 12.9. The molecular weight excluding hydrogens is 279 g/mol. The molecule has 0 radical (unpaired) electrons. The second-order valence-electron chi connectivity index (χ2n) is 5.04. The van der Waals surface area contributed by atoms with Crippen molar-refractivity contribution in [3.05, 3.63) is 17.7 Å². The lowest BCUT2D eigenvalue weighted by Crippen LogP contribution is -2.27. The number of hydrogen-bond donors (Lipinski definition) is 1. The molecule has 6 heteroatoms. The molecule has 0 unspecified atom stereocenters. The van der Waals surface area contributed by atoms with Crippen molar-refractivity contribution >= 4 is 11.6 Å². The summed E-state index contributed by atoms with van der Waals surface area (Å²) in [5, 5.41) is 2.71. The number of aromatic nitrogens is 1. The maximum absolute atomic E-state index is 13.0. The van der Waals surface area contributed by atoms with Crippen LogP contribution in [0.4, 0.5) is 24.8 Å². The van der Waals surface area contributed by atoms with Crippen LogP contribution in [0.3, 0.4) is 0 Å². The predicted octanol–water partition coefficient (Wildman–Crippen LogP) is 4.55. The van der Waals surface area contributed by atoms with Gasteiger partial charge in [-0.25, -0.2) is 4.98 Å². The number of hydrogen-bond acceptors (Lipinski definition) is 3. The smallest absolute Gasteiger partial charge is 0.373 e. The third-order valence-electron chi connectivity index (χ3n) is 3.28. The SMILES string of the molecule is CCCCN(CCCC)c1cc(C(F)(F)F)cc(NC)n1. The lowest BCUT2D eigenvalue weighted by molar-refractivity contribution is -0.137. The highest BCUT2D eigenvalue weighted by Crippen LogP contribution is 2.33. The average Bonchev–Trinajstić information content (AvgIpc) is 2.46. The van der Waals surface area contributed by atoms with Crippen molar-refractivity contribution in [2.75, 3.05) is 30.4 Å². The Kier molecular flexibility index (Phi) is 6.78. The Morgan fingerprint density at radius 3 is 2.10 bits per heavy atom. The predicted molar refractivity (Wildman–Crippen MR) is 80.8 cm³/mol. The van der Waals surface area contributed by atoms with Crippen LogP contribution < -0.4 is 10.2 Å². The van der Waals surface area contributed by atoms with Crippen molar-refractivity contribution in [1.82, 2.24) is 4.98 Å². The largest absolute Gasteiger partial charge is 0.416 e. The van der Waals surface area contributed by atoms with Crippen LogP contribution in [-0.2, 0) is 6.18 Å². The fourth-order valence-electron chi connectivity index (χ4n) is 2.01. The van der Waals surface area contributed by atoms with Crippen molar-refractivity contribution < 1.29 is 13.2 Å². The summed E-state index contributed by atoms with van der Waals surface area (Å²) in [6.07, 6.45) is -0.474. The molecule has 1 rings (SSSR count). The summed E-state index contributed by atoms with van der Waals surface area (Å²) >= 11 is 0. The Morgan fingerprint density at radius 2 is 1.67 bits per heavy atom. The molecule has 0 bridgehead atoms. The van der Waals surface area contributed by atoms with Crippen molar-refractivity contribution in [2.24, 2.45) is 0 Å². The van der Waals surface area contributed by atoms with Gasteiger partial charge in [0.1, 0.15) is 11.6 Å². The second kappa shape index (κ2) is 8.10. The number of nitrogens with one attached hydrogen (secondary N) is 1. The van der Waals surface area contributed by atoms with Gasteiger partial charge in [-0.15, -0.1) is 0 Å². The van der Waals surface area contributed by atoms with E-state index in [-0.39, 0.29) is 5.82 Å². The molecule has 120 valence electrons. The second-order valence-corrected chi connectivity index (χ2v) is 5.04. The minimum Gasteiger partial charge on any atom is -0.373 e. The van der Waals surface area contributed by atoms with Crippen LogP contribution in [0.5, 0.6) is 0 Å². The van der Waals surface area contributed by atoms with E-state index in [4.69, 9.17) is 0 Å². The lowest BCUT2D eigenvalue weighted by Gasteiger charge is -2.25. The minimum atomic E-state index is -4.36. The molecule has 0 saturated carbocycles. The Morgan fingerprint density at radius 1 is 1.10 bits per heavy atom. The molecule has 1 N–H and O–H groups in total. The summed E-state index contributed by atoms with van der Waals surface area (Å²) in [5.41, 5.74) is -0.658. The monoisotopic (exact) mass is 303 g/mol. The Balaban J connectivity index is 3.09. The van der Waals surface area contributed by atoms with Gasteiger partial charge in [-0.05, 0) is 25.0 Å². The molecule has 21 heavy (non-hydrogen) atoms. The number of alkyl halides is 3. The van der Waals surface area contributed by atoms with E-state index in [2.05, 4.69) is 24.1 Å². The molecule has 1 aromatic rings. The van der Waals surface area contributed by atoms with Crippen molar-refractivity contribution in [3.63, 3.8) is 0 Å². The lowest BCUT2D eigenvalue weighted by atomic mass is 10.2. The molecule has 0 aliphatic rings. The number of rotatable bonds is 8. The summed E-state index contributed by atoms with van der Waals surface area (Å²) in [7, 11) is 1.58. The van der Waals surface area contributed by atoms with Crippen molar-refractivity contribution in [1.29, 1.82) is 0 Å². The average molecular weight is 303 g/mol. The van der Waals surface area contributed by atoms with Gasteiger partial charge in [0.2, 0.25) is 0 Å². The first-order valence-corrected chi connectivity index (χ1v) is 7.44. The first-order chi connectivity index (χ1) is 9.92. The zero-order valence-electron chi connectivity index (χ0n) is 12.9. The van der Waals surface area contributed by atoms with Crippen molar-refractivity contribution in [2.45, 2.75) is 45.7 Å². The van der Waals surface area contributed by atoms with Crippen LogP contribution >= 0.6 is 0 Å². The van der Waals surface area contributed by atoms with Crippen LogP contribution in [0, 0.1) is 0 Å². The van der Waals surface area contributed by atoms with Gasteiger partial charge in [-0.1, -0.05) is 26.7 Å². The van der Waals surface area contributed by atoms with Gasteiger partial charge in [-0.3, -0.25) is 0 Å². The van der Waals surface area contributed by atoms with Crippen LogP contribution in [0.25, 0.3) is 0 Å². The number of nitrogens with zero attached hydrogens (tertiary/aromatic N) is 2. The van der Waals surface area contributed by atoms with Gasteiger partial charge < -0.3 is 10.2 Å². The third kappa shape index (κ3) is 5.44. The highest BCUT2D eigenvalue weighted by molar-refractivity contribution is 5.51. The van der Waals surface area contributed by atoms with Gasteiger partial charge in [0.05, 0.1) is 5.56 Å². The van der Waals surface area contributed by atoms with E-state index in [1.54, 1.807) is 7.05 Å². The van der Waals surface area contributed by atoms with E-state index in [0.29, 0.717) is 5.82 Å². The molecule has 1 heterocycles. The van der Waals surface area contributed by atoms with Crippen LogP contribution in [-0.4, -0.2) is 25.1 Å². The Bertz CT molecular complexity index is 425. The maximum atomic E-state index is 13.0. The molecule has 0 amide bonds. The summed E-state index contributed by atoms with van der Waals surface area (Å²) in [5.74, 6) is 0.647. The molecule has 0 aromatic carbocycles. The van der Waals surface area contributed by atoms with E-state index < -0.39 is 11.7 Å². The number of pyridine rings is 1. The summed E-state index contributed by atoms with van der Waals surface area (Å²) in [4.78, 5) is 6.23. The number of unbranched alkanes of at least 4 members (excludes halogenated alkanes) is 2. The fourth-order valence-corrected chi connectivity index (χ4v) is 2.01. The van der Waals surface area contributed by atoms with Crippen molar-refractivity contribution in [3.8, 4) is 0 Å². The van der Waals surface area contributed by atoms with Gasteiger partial charge in [0.25, 0.3) is 0 Å². The summed E-state index contributed by atoms with van der Waals surface area (Å²) in [6.45, 7) is 5.59. The molecule has 0 aliphatic heterocycles. The quantitative estimate of drug-likeness (QED) is 0.763. The van der Waals surface area contributed by atoms with E-state index in [0.717, 1.165) is 50.9 Å².